The van der Waals surface area contributed by atoms with Gasteiger partial charge in [-0.1, -0.05) is 22.0 Å². The Kier molecular flexibility index (Phi) is 5.87. The number of ether oxygens (including phenoxy) is 1. The van der Waals surface area contributed by atoms with Crippen LogP contribution in [0.15, 0.2) is 46.9 Å². The first-order chi connectivity index (χ1) is 11.8. The molecular formula is C17H15BrN2O5. The highest BCUT2D eigenvalue weighted by atomic mass is 79.9. The van der Waals surface area contributed by atoms with Gasteiger partial charge >= 0.3 is 5.97 Å². The van der Waals surface area contributed by atoms with Crippen LogP contribution in [0.5, 0.6) is 0 Å². The molecule has 0 radical (unpaired) electrons. The largest absolute Gasteiger partial charge is 0.449 e. The quantitative estimate of drug-likeness (QED) is 0.461. The number of aryl methyl sites for hydroxylation is 1. The standard InChI is InChI=1S/C17H15BrN2O5/c1-10-3-4-12(9-15(10)20(23)24)17(22)25-11(2)16(21)19-14-7-5-13(18)6-8-14/h3-9,11H,1-2H3,(H,19,21)/t11-/m0/s1. The lowest BCUT2D eigenvalue weighted by atomic mass is 10.1. The number of hydrogen-bond acceptors (Lipinski definition) is 5. The monoisotopic (exact) mass is 406 g/mol. The molecule has 0 saturated heterocycles. The predicted octanol–water partition coefficient (Wildman–Crippen LogP) is 3.85. The Hall–Kier alpha value is -2.74. The summed E-state index contributed by atoms with van der Waals surface area (Å²) in [5.41, 5.74) is 0.826. The van der Waals surface area contributed by atoms with Crippen LogP contribution in [-0.4, -0.2) is 22.9 Å². The fraction of sp³-hybridized carbons (Fsp3) is 0.176. The smallest absolute Gasteiger partial charge is 0.339 e. The molecule has 0 heterocycles. The Bertz CT molecular complexity index is 820. The van der Waals surface area contributed by atoms with Gasteiger partial charge in [0.15, 0.2) is 6.10 Å². The highest BCUT2D eigenvalue weighted by molar-refractivity contribution is 9.10. The Morgan fingerprint density at radius 3 is 2.44 bits per heavy atom. The molecule has 7 nitrogen and oxygen atoms in total. The Morgan fingerprint density at radius 2 is 1.84 bits per heavy atom. The van der Waals surface area contributed by atoms with Crippen molar-refractivity contribution in [1.82, 2.24) is 0 Å². The summed E-state index contributed by atoms with van der Waals surface area (Å²) in [6, 6.07) is 10.9. The summed E-state index contributed by atoms with van der Waals surface area (Å²) >= 11 is 3.29. The summed E-state index contributed by atoms with van der Waals surface area (Å²) in [5, 5.41) is 13.6. The second-order valence-electron chi connectivity index (χ2n) is 5.30. The molecular weight excluding hydrogens is 392 g/mol. The fourth-order valence-corrected chi connectivity index (χ4v) is 2.26. The number of esters is 1. The molecule has 0 saturated carbocycles. The Morgan fingerprint density at radius 1 is 1.20 bits per heavy atom. The van der Waals surface area contributed by atoms with Crippen molar-refractivity contribution in [2.24, 2.45) is 0 Å². The molecule has 8 heteroatoms. The van der Waals surface area contributed by atoms with Crippen LogP contribution in [0, 0.1) is 17.0 Å². The van der Waals surface area contributed by atoms with Crippen LogP contribution in [0.25, 0.3) is 0 Å². The average molecular weight is 407 g/mol. The van der Waals surface area contributed by atoms with Crippen LogP contribution in [0.2, 0.25) is 0 Å². The lowest BCUT2D eigenvalue weighted by Crippen LogP contribution is -2.30. The van der Waals surface area contributed by atoms with Crippen LogP contribution in [0.4, 0.5) is 11.4 Å². The third-order valence-corrected chi connectivity index (χ3v) is 3.94. The van der Waals surface area contributed by atoms with Crippen molar-refractivity contribution in [2.75, 3.05) is 5.32 Å². The number of nitro benzene ring substituents is 1. The Balaban J connectivity index is 2.04. The molecule has 1 amide bonds. The van der Waals surface area contributed by atoms with E-state index in [0.717, 1.165) is 10.5 Å². The number of nitrogens with zero attached hydrogens (tertiary/aromatic N) is 1. The van der Waals surface area contributed by atoms with E-state index in [0.29, 0.717) is 11.3 Å². The zero-order valence-electron chi connectivity index (χ0n) is 13.5. The number of halogens is 1. The zero-order chi connectivity index (χ0) is 18.6. The molecule has 0 unspecified atom stereocenters. The number of amides is 1. The Labute approximate surface area is 152 Å². The molecule has 1 atom stereocenters. The number of benzene rings is 2. The van der Waals surface area contributed by atoms with Gasteiger partial charge in [-0.25, -0.2) is 4.79 Å². The summed E-state index contributed by atoms with van der Waals surface area (Å²) in [6.07, 6.45) is -1.06. The topological polar surface area (TPSA) is 98.5 Å². The number of nitrogens with one attached hydrogen (secondary N) is 1. The third kappa shape index (κ3) is 4.87. The normalized spacial score (nSPS) is 11.5. The molecule has 130 valence electrons. The molecule has 2 rings (SSSR count). The first kappa shape index (κ1) is 18.6. The van der Waals surface area contributed by atoms with Crippen molar-refractivity contribution >= 4 is 39.2 Å². The zero-order valence-corrected chi connectivity index (χ0v) is 15.1. The number of nitro groups is 1. The van der Waals surface area contributed by atoms with Gasteiger partial charge in [-0.2, -0.15) is 0 Å². The van der Waals surface area contributed by atoms with Gasteiger partial charge in [-0.15, -0.1) is 0 Å². The second kappa shape index (κ2) is 7.89. The van der Waals surface area contributed by atoms with Gasteiger partial charge in [0, 0.05) is 21.8 Å². The van der Waals surface area contributed by atoms with E-state index in [2.05, 4.69) is 21.2 Å². The van der Waals surface area contributed by atoms with Gasteiger partial charge in [-0.3, -0.25) is 14.9 Å². The van der Waals surface area contributed by atoms with Crippen molar-refractivity contribution in [2.45, 2.75) is 20.0 Å². The summed E-state index contributed by atoms with van der Waals surface area (Å²) < 4.78 is 5.95. The molecule has 2 aromatic carbocycles. The lowest BCUT2D eigenvalue weighted by molar-refractivity contribution is -0.385. The predicted molar refractivity (Wildman–Crippen MR) is 95.5 cm³/mol. The summed E-state index contributed by atoms with van der Waals surface area (Å²) in [5.74, 6) is -1.31. The van der Waals surface area contributed by atoms with Gasteiger partial charge in [0.1, 0.15) is 0 Å². The molecule has 25 heavy (non-hydrogen) atoms. The van der Waals surface area contributed by atoms with E-state index in [1.54, 1.807) is 31.2 Å². The van der Waals surface area contributed by atoms with Crippen LogP contribution in [0.3, 0.4) is 0 Å². The van der Waals surface area contributed by atoms with Crippen LogP contribution < -0.4 is 5.32 Å². The minimum atomic E-state index is -1.06. The van der Waals surface area contributed by atoms with Crippen LogP contribution in [-0.2, 0) is 9.53 Å². The van der Waals surface area contributed by atoms with Crippen molar-refractivity contribution < 1.29 is 19.2 Å². The molecule has 0 bridgehead atoms. The van der Waals surface area contributed by atoms with E-state index < -0.39 is 22.9 Å². The fourth-order valence-electron chi connectivity index (χ4n) is 1.99. The first-order valence-electron chi connectivity index (χ1n) is 7.30. The molecule has 2 aromatic rings. The van der Waals surface area contributed by atoms with Crippen molar-refractivity contribution in [3.63, 3.8) is 0 Å². The maximum absolute atomic E-state index is 12.1. The van der Waals surface area contributed by atoms with Gasteiger partial charge < -0.3 is 10.1 Å². The van der Waals surface area contributed by atoms with Crippen LogP contribution in [0.1, 0.15) is 22.8 Å². The van der Waals surface area contributed by atoms with Crippen molar-refractivity contribution in [3.8, 4) is 0 Å². The van der Waals surface area contributed by atoms with E-state index >= 15 is 0 Å². The molecule has 0 fully saturated rings. The molecule has 0 spiro atoms. The maximum atomic E-state index is 12.1. The number of carbonyl (C=O) groups is 2. The minimum absolute atomic E-state index is 0.0144. The minimum Gasteiger partial charge on any atom is -0.449 e. The first-order valence-corrected chi connectivity index (χ1v) is 8.09. The highest BCUT2D eigenvalue weighted by Crippen LogP contribution is 2.20. The average Bonchev–Trinajstić information content (AvgIpc) is 2.56. The molecule has 0 aromatic heterocycles. The van der Waals surface area contributed by atoms with E-state index in [1.807, 2.05) is 0 Å². The van der Waals surface area contributed by atoms with E-state index in [9.17, 15) is 19.7 Å². The number of carbonyl (C=O) groups excluding carboxylic acids is 2. The van der Waals surface area contributed by atoms with E-state index in [-0.39, 0.29) is 11.3 Å². The summed E-state index contributed by atoms with van der Waals surface area (Å²) in [6.45, 7) is 3.00. The number of anilines is 1. The highest BCUT2D eigenvalue weighted by Gasteiger charge is 2.21. The third-order valence-electron chi connectivity index (χ3n) is 3.41. The van der Waals surface area contributed by atoms with Gasteiger partial charge in [0.05, 0.1) is 10.5 Å². The molecule has 0 aliphatic carbocycles. The van der Waals surface area contributed by atoms with Crippen LogP contribution >= 0.6 is 15.9 Å². The van der Waals surface area contributed by atoms with Crippen molar-refractivity contribution in [3.05, 3.63) is 68.2 Å². The van der Waals surface area contributed by atoms with E-state index in [1.165, 1.54) is 19.1 Å². The molecule has 0 aliphatic rings. The van der Waals surface area contributed by atoms with Gasteiger partial charge in [0.2, 0.25) is 0 Å². The maximum Gasteiger partial charge on any atom is 0.339 e. The van der Waals surface area contributed by atoms with E-state index in [4.69, 9.17) is 4.74 Å². The molecule has 0 aliphatic heterocycles. The number of rotatable bonds is 5. The second-order valence-corrected chi connectivity index (χ2v) is 6.22. The summed E-state index contributed by atoms with van der Waals surface area (Å²) in [7, 11) is 0. The summed E-state index contributed by atoms with van der Waals surface area (Å²) in [4.78, 5) is 34.6. The van der Waals surface area contributed by atoms with Gasteiger partial charge in [-0.05, 0) is 44.2 Å². The number of hydrogen-bond donors (Lipinski definition) is 1. The van der Waals surface area contributed by atoms with Gasteiger partial charge in [0.25, 0.3) is 11.6 Å². The van der Waals surface area contributed by atoms with Crippen molar-refractivity contribution in [1.29, 1.82) is 0 Å². The molecule has 1 N–H and O–H groups in total. The lowest BCUT2D eigenvalue weighted by Gasteiger charge is -2.13. The SMILES string of the molecule is Cc1ccc(C(=O)O[C@@H](C)C(=O)Nc2ccc(Br)cc2)cc1[N+](=O)[O-].